The number of aromatic hydroxyl groups is 2. The minimum atomic E-state index is -0.439. The minimum absolute atomic E-state index is 0.0626. The Bertz CT molecular complexity index is 420. The summed E-state index contributed by atoms with van der Waals surface area (Å²) in [6.45, 7) is 0. The van der Waals surface area contributed by atoms with E-state index < -0.39 is 5.91 Å². The zero-order chi connectivity index (χ0) is 13.1. The lowest BCUT2D eigenvalue weighted by atomic mass is 9.91. The van der Waals surface area contributed by atoms with Crippen LogP contribution in [0.15, 0.2) is 18.2 Å². The fourth-order valence-corrected chi connectivity index (χ4v) is 2.28. The summed E-state index contributed by atoms with van der Waals surface area (Å²) in [6, 6.07) is 4.53. The Kier molecular flexibility index (Phi) is 3.72. The molecule has 5 N–H and O–H groups in total. The summed E-state index contributed by atoms with van der Waals surface area (Å²) in [5.41, 5.74) is 5.73. The highest BCUT2D eigenvalue weighted by Crippen LogP contribution is 2.26. The molecule has 1 fully saturated rings. The molecule has 0 unspecified atom stereocenters. The number of benzene rings is 1. The molecule has 0 saturated heterocycles. The second-order valence-electron chi connectivity index (χ2n) is 4.76. The molecule has 0 spiro atoms. The Morgan fingerprint density at radius 2 is 1.72 bits per heavy atom. The molecule has 2 rings (SSSR count). The van der Waals surface area contributed by atoms with Gasteiger partial charge in [0.15, 0.2) is 0 Å². The van der Waals surface area contributed by atoms with Crippen molar-refractivity contribution in [1.29, 1.82) is 0 Å². The van der Waals surface area contributed by atoms with Crippen molar-refractivity contribution in [2.75, 3.05) is 0 Å². The molecule has 0 bridgehead atoms. The van der Waals surface area contributed by atoms with Crippen molar-refractivity contribution in [2.24, 2.45) is 5.73 Å². The number of carbonyl (C=O) groups excluding carboxylic acids is 1. The number of nitrogens with one attached hydrogen (secondary N) is 1. The van der Waals surface area contributed by atoms with Crippen LogP contribution in [0.5, 0.6) is 11.5 Å². The van der Waals surface area contributed by atoms with Crippen LogP contribution in [0, 0.1) is 0 Å². The van der Waals surface area contributed by atoms with Gasteiger partial charge in [0, 0.05) is 12.1 Å². The third-order valence-electron chi connectivity index (χ3n) is 3.35. The summed E-state index contributed by atoms with van der Waals surface area (Å²) in [6.07, 6.45) is 3.44. The number of phenolic OH excluding ortho intramolecular Hbond substituents is 2. The summed E-state index contributed by atoms with van der Waals surface area (Å²) in [5, 5.41) is 22.0. The highest BCUT2D eigenvalue weighted by atomic mass is 16.3. The first-order valence-electron chi connectivity index (χ1n) is 6.15. The SMILES string of the molecule is NC1CCC(NC(=O)c2c(O)cccc2O)CC1. The van der Waals surface area contributed by atoms with Gasteiger partial charge in [0.25, 0.3) is 5.91 Å². The molecule has 0 aliphatic heterocycles. The Hall–Kier alpha value is -1.75. The summed E-state index contributed by atoms with van der Waals surface area (Å²) in [7, 11) is 0. The van der Waals surface area contributed by atoms with E-state index in [0.29, 0.717) is 0 Å². The molecule has 5 heteroatoms. The number of carbonyl (C=O) groups is 1. The van der Waals surface area contributed by atoms with Crippen LogP contribution in [-0.4, -0.2) is 28.2 Å². The van der Waals surface area contributed by atoms with Crippen molar-refractivity contribution < 1.29 is 15.0 Å². The van der Waals surface area contributed by atoms with Gasteiger partial charge in [0.1, 0.15) is 17.1 Å². The minimum Gasteiger partial charge on any atom is -0.507 e. The fourth-order valence-electron chi connectivity index (χ4n) is 2.28. The third-order valence-corrected chi connectivity index (χ3v) is 3.35. The lowest BCUT2D eigenvalue weighted by molar-refractivity contribution is 0.0920. The number of amides is 1. The van der Waals surface area contributed by atoms with E-state index in [0.717, 1.165) is 25.7 Å². The first kappa shape index (κ1) is 12.7. The second kappa shape index (κ2) is 5.27. The summed E-state index contributed by atoms with van der Waals surface area (Å²) >= 11 is 0. The molecule has 1 aliphatic rings. The Morgan fingerprint density at radius 1 is 1.17 bits per heavy atom. The summed E-state index contributed by atoms with van der Waals surface area (Å²) in [5.74, 6) is -0.855. The largest absolute Gasteiger partial charge is 0.507 e. The second-order valence-corrected chi connectivity index (χ2v) is 4.76. The zero-order valence-electron chi connectivity index (χ0n) is 10.1. The van der Waals surface area contributed by atoms with Crippen LogP contribution in [0.2, 0.25) is 0 Å². The predicted molar refractivity (Wildman–Crippen MR) is 67.5 cm³/mol. The van der Waals surface area contributed by atoms with Gasteiger partial charge in [-0.3, -0.25) is 4.79 Å². The third kappa shape index (κ3) is 2.73. The van der Waals surface area contributed by atoms with Crippen LogP contribution in [0.3, 0.4) is 0 Å². The van der Waals surface area contributed by atoms with Crippen molar-refractivity contribution in [3.05, 3.63) is 23.8 Å². The fraction of sp³-hybridized carbons (Fsp3) is 0.462. The summed E-state index contributed by atoms with van der Waals surface area (Å²) < 4.78 is 0. The van der Waals surface area contributed by atoms with Crippen molar-refractivity contribution in [2.45, 2.75) is 37.8 Å². The highest BCUT2D eigenvalue weighted by molar-refractivity contribution is 5.99. The van der Waals surface area contributed by atoms with Gasteiger partial charge < -0.3 is 21.3 Å². The van der Waals surface area contributed by atoms with Crippen LogP contribution >= 0.6 is 0 Å². The first-order chi connectivity index (χ1) is 8.58. The molecular formula is C13H18N2O3. The van der Waals surface area contributed by atoms with Crippen LogP contribution in [0.25, 0.3) is 0 Å². The van der Waals surface area contributed by atoms with Gasteiger partial charge in [0.05, 0.1) is 0 Å². The highest BCUT2D eigenvalue weighted by Gasteiger charge is 2.23. The molecule has 18 heavy (non-hydrogen) atoms. The van der Waals surface area contributed by atoms with Crippen molar-refractivity contribution in [3.8, 4) is 11.5 Å². The van der Waals surface area contributed by atoms with Crippen LogP contribution in [-0.2, 0) is 0 Å². The van der Waals surface area contributed by atoms with E-state index >= 15 is 0 Å². The lowest BCUT2D eigenvalue weighted by Gasteiger charge is -2.26. The molecule has 0 atom stereocenters. The Balaban J connectivity index is 2.04. The number of hydrogen-bond acceptors (Lipinski definition) is 4. The number of phenols is 2. The van der Waals surface area contributed by atoms with Crippen molar-refractivity contribution >= 4 is 5.91 Å². The maximum Gasteiger partial charge on any atom is 0.259 e. The van der Waals surface area contributed by atoms with E-state index in [1.807, 2.05) is 0 Å². The number of nitrogens with two attached hydrogens (primary N) is 1. The molecule has 1 saturated carbocycles. The van der Waals surface area contributed by atoms with E-state index in [1.165, 1.54) is 18.2 Å². The monoisotopic (exact) mass is 250 g/mol. The molecule has 1 amide bonds. The maximum absolute atomic E-state index is 12.0. The predicted octanol–water partition coefficient (Wildman–Crippen LogP) is 1.10. The Morgan fingerprint density at radius 3 is 2.28 bits per heavy atom. The van der Waals surface area contributed by atoms with Crippen LogP contribution < -0.4 is 11.1 Å². The molecule has 0 radical (unpaired) electrons. The van der Waals surface area contributed by atoms with Gasteiger partial charge in [-0.15, -0.1) is 0 Å². The average Bonchev–Trinajstić information content (AvgIpc) is 2.32. The molecule has 0 aromatic heterocycles. The average molecular weight is 250 g/mol. The van der Waals surface area contributed by atoms with Gasteiger partial charge in [-0.25, -0.2) is 0 Å². The van der Waals surface area contributed by atoms with E-state index in [2.05, 4.69) is 5.32 Å². The van der Waals surface area contributed by atoms with Gasteiger partial charge in [-0.1, -0.05) is 6.07 Å². The smallest absolute Gasteiger partial charge is 0.259 e. The zero-order valence-corrected chi connectivity index (χ0v) is 10.1. The number of rotatable bonds is 2. The number of hydrogen-bond donors (Lipinski definition) is 4. The molecule has 5 nitrogen and oxygen atoms in total. The van der Waals surface area contributed by atoms with Crippen molar-refractivity contribution in [1.82, 2.24) is 5.32 Å². The Labute approximate surface area is 106 Å². The van der Waals surface area contributed by atoms with E-state index in [-0.39, 0.29) is 29.1 Å². The van der Waals surface area contributed by atoms with Gasteiger partial charge in [0.2, 0.25) is 0 Å². The van der Waals surface area contributed by atoms with Gasteiger partial charge >= 0.3 is 0 Å². The standard InChI is InChI=1S/C13H18N2O3/c14-8-4-6-9(7-5-8)15-13(18)12-10(16)2-1-3-11(12)17/h1-3,8-9,16-17H,4-7,14H2,(H,15,18). The van der Waals surface area contributed by atoms with Crippen LogP contribution in [0.4, 0.5) is 0 Å². The molecule has 0 heterocycles. The quantitative estimate of drug-likeness (QED) is 0.632. The first-order valence-corrected chi connectivity index (χ1v) is 6.15. The molecular weight excluding hydrogens is 232 g/mol. The lowest BCUT2D eigenvalue weighted by Crippen LogP contribution is -2.40. The van der Waals surface area contributed by atoms with E-state index in [9.17, 15) is 15.0 Å². The van der Waals surface area contributed by atoms with E-state index in [4.69, 9.17) is 5.73 Å². The molecule has 1 aromatic rings. The van der Waals surface area contributed by atoms with Crippen molar-refractivity contribution in [3.63, 3.8) is 0 Å². The molecule has 1 aliphatic carbocycles. The van der Waals surface area contributed by atoms with Crippen LogP contribution in [0.1, 0.15) is 36.0 Å². The molecule has 1 aromatic carbocycles. The maximum atomic E-state index is 12.0. The molecule has 98 valence electrons. The topological polar surface area (TPSA) is 95.6 Å². The van der Waals surface area contributed by atoms with E-state index in [1.54, 1.807) is 0 Å². The van der Waals surface area contributed by atoms with Gasteiger partial charge in [-0.2, -0.15) is 0 Å². The summed E-state index contributed by atoms with van der Waals surface area (Å²) in [4.78, 5) is 12.0. The van der Waals surface area contributed by atoms with Gasteiger partial charge in [-0.05, 0) is 37.8 Å². The normalized spacial score (nSPS) is 23.6.